The molecular weight excluding hydrogens is 376 g/mol. The topological polar surface area (TPSA) is 109 Å². The summed E-state index contributed by atoms with van der Waals surface area (Å²) >= 11 is 0. The fourth-order valence-electron chi connectivity index (χ4n) is 2.93. The molecule has 1 aliphatic heterocycles. The molecule has 0 bridgehead atoms. The molecule has 3 amide bonds. The molecule has 1 fully saturated rings. The molecule has 0 radical (unpaired) electrons. The maximum atomic E-state index is 12.2. The van der Waals surface area contributed by atoms with Gasteiger partial charge in [0.1, 0.15) is 12.2 Å². The summed E-state index contributed by atoms with van der Waals surface area (Å²) in [6, 6.07) is 8.64. The van der Waals surface area contributed by atoms with Crippen molar-refractivity contribution in [3.05, 3.63) is 35.9 Å². The van der Waals surface area contributed by atoms with Crippen molar-refractivity contribution in [3.63, 3.8) is 0 Å². The predicted octanol–water partition coefficient (Wildman–Crippen LogP) is 1.93. The van der Waals surface area contributed by atoms with E-state index in [0.29, 0.717) is 19.5 Å². The lowest BCUT2D eigenvalue weighted by Gasteiger charge is -2.38. The number of amides is 3. The summed E-state index contributed by atoms with van der Waals surface area (Å²) in [6.45, 7) is 7.76. The van der Waals surface area contributed by atoms with Crippen molar-refractivity contribution in [2.75, 3.05) is 13.1 Å². The van der Waals surface area contributed by atoms with E-state index in [4.69, 9.17) is 9.47 Å². The van der Waals surface area contributed by atoms with Crippen molar-refractivity contribution < 1.29 is 23.9 Å². The smallest absolute Gasteiger partial charge is 0.422 e. The third-order valence-electron chi connectivity index (χ3n) is 4.33. The van der Waals surface area contributed by atoms with Gasteiger partial charge in [-0.05, 0) is 32.8 Å². The minimum absolute atomic E-state index is 0.0702. The zero-order valence-corrected chi connectivity index (χ0v) is 17.4. The standard InChI is InChI=1S/C20H30N4O5/c1-14(25)24-11-10-16(17(12-24)22-23-19(27)29-20(2,3)4)21-18(26)28-13-15-8-6-5-7-9-15/h5-9,16-17,22H,10-13H2,1-4H3,(H,21,26)(H,23,27). The Balaban J connectivity index is 1.91. The fraction of sp³-hybridized carbons (Fsp3) is 0.550. The van der Waals surface area contributed by atoms with Gasteiger partial charge >= 0.3 is 12.2 Å². The third-order valence-corrected chi connectivity index (χ3v) is 4.33. The first-order chi connectivity index (χ1) is 13.6. The summed E-state index contributed by atoms with van der Waals surface area (Å²) in [5.41, 5.74) is 5.61. The van der Waals surface area contributed by atoms with Crippen LogP contribution in [-0.2, 0) is 20.9 Å². The number of carbonyl (C=O) groups is 3. The van der Waals surface area contributed by atoms with E-state index in [0.717, 1.165) is 5.56 Å². The Morgan fingerprint density at radius 2 is 1.79 bits per heavy atom. The van der Waals surface area contributed by atoms with Crippen LogP contribution in [0.4, 0.5) is 9.59 Å². The maximum absolute atomic E-state index is 12.2. The molecule has 1 aromatic rings. The highest BCUT2D eigenvalue weighted by Crippen LogP contribution is 2.12. The monoisotopic (exact) mass is 406 g/mol. The number of likely N-dealkylation sites (tertiary alicyclic amines) is 1. The molecule has 0 saturated carbocycles. The number of benzene rings is 1. The number of ether oxygens (including phenoxy) is 2. The van der Waals surface area contributed by atoms with Crippen molar-refractivity contribution in [1.29, 1.82) is 0 Å². The molecule has 1 aliphatic rings. The Morgan fingerprint density at radius 1 is 1.10 bits per heavy atom. The molecule has 1 aromatic carbocycles. The zero-order chi connectivity index (χ0) is 21.4. The van der Waals surface area contributed by atoms with Gasteiger partial charge in [0, 0.05) is 20.0 Å². The predicted molar refractivity (Wildman–Crippen MR) is 107 cm³/mol. The van der Waals surface area contributed by atoms with Gasteiger partial charge < -0.3 is 19.7 Å². The first-order valence-electron chi connectivity index (χ1n) is 9.61. The number of rotatable bonds is 5. The summed E-state index contributed by atoms with van der Waals surface area (Å²) < 4.78 is 10.5. The molecule has 0 aliphatic carbocycles. The molecule has 2 rings (SSSR count). The van der Waals surface area contributed by atoms with E-state index in [2.05, 4.69) is 16.2 Å². The summed E-state index contributed by atoms with van der Waals surface area (Å²) in [4.78, 5) is 37.5. The van der Waals surface area contributed by atoms with Gasteiger partial charge in [0.15, 0.2) is 0 Å². The SMILES string of the molecule is CC(=O)N1CCC(NC(=O)OCc2ccccc2)C(NNC(=O)OC(C)(C)C)C1. The van der Waals surface area contributed by atoms with Crippen LogP contribution in [0.1, 0.15) is 39.7 Å². The van der Waals surface area contributed by atoms with Crippen molar-refractivity contribution in [1.82, 2.24) is 21.1 Å². The lowest BCUT2D eigenvalue weighted by Crippen LogP contribution is -2.63. The third kappa shape index (κ3) is 7.98. The average Bonchev–Trinajstić information content (AvgIpc) is 2.65. The quantitative estimate of drug-likeness (QED) is 0.645. The van der Waals surface area contributed by atoms with Crippen LogP contribution < -0.4 is 16.2 Å². The Hall–Kier alpha value is -2.81. The molecule has 0 spiro atoms. The van der Waals surface area contributed by atoms with Crippen LogP contribution in [0.25, 0.3) is 0 Å². The number of hydrogen-bond acceptors (Lipinski definition) is 6. The second-order valence-electron chi connectivity index (χ2n) is 7.94. The van der Waals surface area contributed by atoms with Gasteiger partial charge in [-0.15, -0.1) is 0 Å². The Morgan fingerprint density at radius 3 is 2.41 bits per heavy atom. The van der Waals surface area contributed by atoms with Crippen molar-refractivity contribution in [2.45, 2.75) is 58.4 Å². The highest BCUT2D eigenvalue weighted by atomic mass is 16.6. The molecule has 2 atom stereocenters. The molecule has 160 valence electrons. The van der Waals surface area contributed by atoms with Gasteiger partial charge in [-0.25, -0.2) is 15.0 Å². The van der Waals surface area contributed by atoms with E-state index in [-0.39, 0.29) is 18.6 Å². The summed E-state index contributed by atoms with van der Waals surface area (Å²) in [7, 11) is 0. The molecule has 0 aromatic heterocycles. The van der Waals surface area contributed by atoms with E-state index in [9.17, 15) is 14.4 Å². The largest absolute Gasteiger partial charge is 0.445 e. The van der Waals surface area contributed by atoms with E-state index < -0.39 is 23.8 Å². The second kappa shape index (κ2) is 10.1. The summed E-state index contributed by atoms with van der Waals surface area (Å²) in [5.74, 6) is -0.0702. The number of nitrogens with zero attached hydrogens (tertiary/aromatic N) is 1. The van der Waals surface area contributed by atoms with Crippen LogP contribution >= 0.6 is 0 Å². The zero-order valence-electron chi connectivity index (χ0n) is 17.4. The highest BCUT2D eigenvalue weighted by molar-refractivity contribution is 5.73. The molecule has 1 saturated heterocycles. The Labute approximate surface area is 171 Å². The first kappa shape index (κ1) is 22.5. The van der Waals surface area contributed by atoms with E-state index in [1.807, 2.05) is 30.3 Å². The Kier molecular flexibility index (Phi) is 7.83. The van der Waals surface area contributed by atoms with Crippen LogP contribution in [0, 0.1) is 0 Å². The minimum Gasteiger partial charge on any atom is -0.445 e. The van der Waals surface area contributed by atoms with Crippen molar-refractivity contribution in [3.8, 4) is 0 Å². The fourth-order valence-corrected chi connectivity index (χ4v) is 2.93. The molecule has 2 unspecified atom stereocenters. The van der Waals surface area contributed by atoms with Gasteiger partial charge in [0.2, 0.25) is 5.91 Å². The van der Waals surface area contributed by atoms with Gasteiger partial charge in [-0.1, -0.05) is 30.3 Å². The van der Waals surface area contributed by atoms with Crippen LogP contribution in [0.5, 0.6) is 0 Å². The van der Waals surface area contributed by atoms with Crippen LogP contribution in [0.3, 0.4) is 0 Å². The normalized spacial score (nSPS) is 19.2. The lowest BCUT2D eigenvalue weighted by atomic mass is 10.00. The number of hydrogen-bond donors (Lipinski definition) is 3. The molecule has 1 heterocycles. The number of carbonyl (C=O) groups excluding carboxylic acids is 3. The Bertz CT molecular complexity index is 705. The van der Waals surface area contributed by atoms with Crippen molar-refractivity contribution in [2.24, 2.45) is 0 Å². The molecule has 9 heteroatoms. The van der Waals surface area contributed by atoms with E-state index >= 15 is 0 Å². The second-order valence-corrected chi connectivity index (χ2v) is 7.94. The van der Waals surface area contributed by atoms with E-state index in [1.165, 1.54) is 6.92 Å². The van der Waals surface area contributed by atoms with Crippen LogP contribution in [0.2, 0.25) is 0 Å². The number of hydrazine groups is 1. The van der Waals surface area contributed by atoms with E-state index in [1.54, 1.807) is 25.7 Å². The highest BCUT2D eigenvalue weighted by Gasteiger charge is 2.32. The van der Waals surface area contributed by atoms with Gasteiger partial charge in [0.05, 0.1) is 12.1 Å². The first-order valence-corrected chi connectivity index (χ1v) is 9.61. The summed E-state index contributed by atoms with van der Waals surface area (Å²) in [6.07, 6.45) is -0.671. The lowest BCUT2D eigenvalue weighted by molar-refractivity contribution is -0.130. The molecule has 9 nitrogen and oxygen atoms in total. The van der Waals surface area contributed by atoms with Gasteiger partial charge in [0.25, 0.3) is 0 Å². The minimum atomic E-state index is -0.636. The molecule has 29 heavy (non-hydrogen) atoms. The number of piperidine rings is 1. The number of alkyl carbamates (subject to hydrolysis) is 1. The van der Waals surface area contributed by atoms with Gasteiger partial charge in [-0.3, -0.25) is 10.2 Å². The maximum Gasteiger partial charge on any atom is 0.422 e. The van der Waals surface area contributed by atoms with Crippen molar-refractivity contribution >= 4 is 18.1 Å². The number of nitrogens with one attached hydrogen (secondary N) is 3. The van der Waals surface area contributed by atoms with Crippen LogP contribution in [-0.4, -0.2) is 53.8 Å². The van der Waals surface area contributed by atoms with Crippen LogP contribution in [0.15, 0.2) is 30.3 Å². The molecule has 3 N–H and O–H groups in total. The molecular formula is C20H30N4O5. The summed E-state index contributed by atoms with van der Waals surface area (Å²) in [5, 5.41) is 2.82. The van der Waals surface area contributed by atoms with Gasteiger partial charge in [-0.2, -0.15) is 0 Å². The average molecular weight is 406 g/mol.